The minimum Gasteiger partial charge on any atom is -0.377 e. The van der Waals surface area contributed by atoms with E-state index in [-0.39, 0.29) is 0 Å². The molecule has 20 heavy (non-hydrogen) atoms. The number of halogens is 1. The molecule has 1 N–H and O–H groups in total. The second kappa shape index (κ2) is 6.19. The normalized spacial score (nSPS) is 10.8. The van der Waals surface area contributed by atoms with Crippen molar-refractivity contribution in [3.05, 3.63) is 34.0 Å². The summed E-state index contributed by atoms with van der Waals surface area (Å²) in [6.07, 6.45) is 0. The smallest absolute Gasteiger partial charge is 0.158 e. The van der Waals surface area contributed by atoms with E-state index in [9.17, 15) is 0 Å². The Bertz CT molecular complexity index is 611. The van der Waals surface area contributed by atoms with Crippen molar-refractivity contribution in [3.63, 3.8) is 0 Å². The van der Waals surface area contributed by atoms with E-state index in [1.54, 1.807) is 13.2 Å². The van der Waals surface area contributed by atoms with Crippen molar-refractivity contribution in [1.29, 1.82) is 0 Å². The van der Waals surface area contributed by atoms with Crippen molar-refractivity contribution in [2.75, 3.05) is 12.4 Å². The molecule has 6 nitrogen and oxygen atoms in total. The van der Waals surface area contributed by atoms with E-state index in [0.29, 0.717) is 29.9 Å². The highest BCUT2D eigenvalue weighted by Gasteiger charge is 2.10. The van der Waals surface area contributed by atoms with E-state index < -0.39 is 0 Å². The maximum absolute atomic E-state index is 5.97. The first-order valence-corrected chi connectivity index (χ1v) is 6.64. The largest absolute Gasteiger partial charge is 0.377 e. The number of anilines is 1. The molecule has 0 amide bonds. The second-order valence-corrected chi connectivity index (χ2v) is 4.94. The number of ether oxygens (including phenoxy) is 1. The molecule has 2 aromatic rings. The zero-order valence-corrected chi connectivity index (χ0v) is 12.8. The molecule has 0 aliphatic heterocycles. The van der Waals surface area contributed by atoms with Crippen LogP contribution in [0, 0.1) is 13.8 Å². The van der Waals surface area contributed by atoms with Crippen molar-refractivity contribution in [1.82, 2.24) is 19.7 Å². The zero-order valence-electron chi connectivity index (χ0n) is 12.1. The van der Waals surface area contributed by atoms with Crippen LogP contribution in [0.1, 0.15) is 22.8 Å². The molecule has 0 saturated heterocycles. The molecule has 0 bridgehead atoms. The fraction of sp³-hybridized carbons (Fsp3) is 0.462. The molecule has 0 saturated carbocycles. The zero-order chi connectivity index (χ0) is 14.7. The summed E-state index contributed by atoms with van der Waals surface area (Å²) in [5.41, 5.74) is 3.30. The Balaban J connectivity index is 2.14. The summed E-state index contributed by atoms with van der Waals surface area (Å²) in [5, 5.41) is 8.03. The lowest BCUT2D eigenvalue weighted by atomic mass is 10.2. The Morgan fingerprint density at radius 2 is 2.10 bits per heavy atom. The van der Waals surface area contributed by atoms with Gasteiger partial charge in [-0.05, 0) is 13.8 Å². The third-order valence-corrected chi connectivity index (χ3v) is 3.31. The van der Waals surface area contributed by atoms with E-state index in [2.05, 4.69) is 20.4 Å². The van der Waals surface area contributed by atoms with Crippen LogP contribution in [-0.2, 0) is 24.9 Å². The Kier molecular flexibility index (Phi) is 4.57. The summed E-state index contributed by atoms with van der Waals surface area (Å²) in [7, 11) is 3.53. The van der Waals surface area contributed by atoms with Crippen LogP contribution in [0.15, 0.2) is 6.07 Å². The van der Waals surface area contributed by atoms with E-state index in [1.165, 1.54) is 0 Å². The van der Waals surface area contributed by atoms with Gasteiger partial charge in [-0.2, -0.15) is 5.10 Å². The van der Waals surface area contributed by atoms with Crippen LogP contribution in [-0.4, -0.2) is 26.9 Å². The van der Waals surface area contributed by atoms with Crippen LogP contribution in [0.25, 0.3) is 0 Å². The third kappa shape index (κ3) is 3.26. The van der Waals surface area contributed by atoms with Crippen molar-refractivity contribution in [2.45, 2.75) is 27.0 Å². The highest BCUT2D eigenvalue weighted by molar-refractivity contribution is 6.29. The lowest BCUT2D eigenvalue weighted by Crippen LogP contribution is -2.06. The number of aryl methyl sites for hydroxylation is 2. The molecule has 0 fully saturated rings. The van der Waals surface area contributed by atoms with Crippen LogP contribution in [0.3, 0.4) is 0 Å². The molecular formula is C13H18ClN5O. The number of hydrogen-bond acceptors (Lipinski definition) is 5. The molecule has 0 aliphatic rings. The highest BCUT2D eigenvalue weighted by atomic mass is 35.5. The fourth-order valence-electron chi connectivity index (χ4n) is 2.00. The van der Waals surface area contributed by atoms with Crippen molar-refractivity contribution in [2.24, 2.45) is 7.05 Å². The number of rotatable bonds is 5. The van der Waals surface area contributed by atoms with Gasteiger partial charge in [0, 0.05) is 38.0 Å². The Hall–Kier alpha value is -1.66. The molecule has 0 radical (unpaired) electrons. The van der Waals surface area contributed by atoms with Crippen LogP contribution in [0.4, 0.5) is 5.82 Å². The summed E-state index contributed by atoms with van der Waals surface area (Å²) in [5.74, 6) is 1.24. The summed E-state index contributed by atoms with van der Waals surface area (Å²) in [4.78, 5) is 8.44. The average molecular weight is 296 g/mol. The first-order valence-electron chi connectivity index (χ1n) is 6.26. The first kappa shape index (κ1) is 14.7. The summed E-state index contributed by atoms with van der Waals surface area (Å²) >= 11 is 5.97. The highest BCUT2D eigenvalue weighted by Crippen LogP contribution is 2.16. The van der Waals surface area contributed by atoms with Gasteiger partial charge < -0.3 is 10.1 Å². The molecular weight excluding hydrogens is 278 g/mol. The van der Waals surface area contributed by atoms with E-state index in [0.717, 1.165) is 17.0 Å². The Morgan fingerprint density at radius 1 is 1.35 bits per heavy atom. The van der Waals surface area contributed by atoms with Crippen molar-refractivity contribution >= 4 is 17.4 Å². The third-order valence-electron chi connectivity index (χ3n) is 3.12. The Morgan fingerprint density at radius 3 is 2.70 bits per heavy atom. The Labute approximate surface area is 123 Å². The minimum atomic E-state index is 0.334. The number of nitrogens with zero attached hydrogens (tertiary/aromatic N) is 4. The van der Waals surface area contributed by atoms with Gasteiger partial charge in [-0.15, -0.1) is 0 Å². The molecule has 0 spiro atoms. The number of nitrogens with one attached hydrogen (secondary N) is 1. The molecule has 108 valence electrons. The van der Waals surface area contributed by atoms with E-state index >= 15 is 0 Å². The predicted octanol–water partition coefficient (Wildman–Crippen LogP) is 2.24. The molecule has 7 heteroatoms. The van der Waals surface area contributed by atoms with Crippen LogP contribution in [0.5, 0.6) is 0 Å². The minimum absolute atomic E-state index is 0.334. The van der Waals surface area contributed by atoms with Gasteiger partial charge in [0.05, 0.1) is 5.69 Å². The summed E-state index contributed by atoms with van der Waals surface area (Å²) in [6, 6.07) is 1.70. The molecule has 2 heterocycles. The van der Waals surface area contributed by atoms with Crippen molar-refractivity contribution in [3.8, 4) is 0 Å². The van der Waals surface area contributed by atoms with Crippen LogP contribution < -0.4 is 5.32 Å². The molecule has 2 aromatic heterocycles. The summed E-state index contributed by atoms with van der Waals surface area (Å²) in [6.45, 7) is 5.01. The van der Waals surface area contributed by atoms with Gasteiger partial charge in [0.15, 0.2) is 5.82 Å². The standard InChI is InChI=1S/C13H18ClN5O/c1-8-10(9(2)19(3)18-8)6-15-12-5-11(14)16-13(17-12)7-20-4/h5H,6-7H2,1-4H3,(H,15,16,17). The monoisotopic (exact) mass is 295 g/mol. The molecule has 0 atom stereocenters. The lowest BCUT2D eigenvalue weighted by Gasteiger charge is -2.08. The maximum Gasteiger partial charge on any atom is 0.158 e. The van der Waals surface area contributed by atoms with E-state index in [1.807, 2.05) is 25.6 Å². The average Bonchev–Trinajstić information content (AvgIpc) is 2.61. The van der Waals surface area contributed by atoms with Gasteiger partial charge in [-0.3, -0.25) is 4.68 Å². The van der Waals surface area contributed by atoms with E-state index in [4.69, 9.17) is 16.3 Å². The van der Waals surface area contributed by atoms with Gasteiger partial charge in [0.2, 0.25) is 0 Å². The second-order valence-electron chi connectivity index (χ2n) is 4.55. The molecule has 0 aromatic carbocycles. The van der Waals surface area contributed by atoms with Crippen LogP contribution in [0.2, 0.25) is 5.15 Å². The predicted molar refractivity (Wildman–Crippen MR) is 77.8 cm³/mol. The molecule has 2 rings (SSSR count). The van der Waals surface area contributed by atoms with Gasteiger partial charge in [0.25, 0.3) is 0 Å². The first-order chi connectivity index (χ1) is 9.51. The topological polar surface area (TPSA) is 64.9 Å². The van der Waals surface area contributed by atoms with Crippen LogP contribution >= 0.6 is 11.6 Å². The number of aromatic nitrogens is 4. The lowest BCUT2D eigenvalue weighted by molar-refractivity contribution is 0.178. The SMILES string of the molecule is COCc1nc(Cl)cc(NCc2c(C)nn(C)c2C)n1. The van der Waals surface area contributed by atoms with Gasteiger partial charge in [-0.1, -0.05) is 11.6 Å². The van der Waals surface area contributed by atoms with Gasteiger partial charge in [-0.25, -0.2) is 9.97 Å². The fourth-order valence-corrected chi connectivity index (χ4v) is 2.20. The number of methoxy groups -OCH3 is 1. The molecule has 0 unspecified atom stereocenters. The van der Waals surface area contributed by atoms with Gasteiger partial charge in [0.1, 0.15) is 17.6 Å². The number of hydrogen-bond donors (Lipinski definition) is 1. The quantitative estimate of drug-likeness (QED) is 0.857. The maximum atomic E-state index is 5.97. The van der Waals surface area contributed by atoms with Crippen molar-refractivity contribution < 1.29 is 4.74 Å². The summed E-state index contributed by atoms with van der Waals surface area (Å²) < 4.78 is 6.89. The molecule has 0 aliphatic carbocycles. The van der Waals surface area contributed by atoms with Gasteiger partial charge >= 0.3 is 0 Å².